The first-order valence-corrected chi connectivity index (χ1v) is 8.58. The number of para-hydroxylation sites is 1. The molecule has 24 heavy (non-hydrogen) atoms. The van der Waals surface area contributed by atoms with Gasteiger partial charge in [-0.1, -0.05) is 12.1 Å². The summed E-state index contributed by atoms with van der Waals surface area (Å²) in [6.45, 7) is 5.81. The number of rotatable bonds is 9. The molecule has 1 aliphatic rings. The molecule has 3 amide bonds. The number of hydrogen-bond donors (Lipinski definition) is 3. The molecule has 0 heterocycles. The lowest BCUT2D eigenvalue weighted by molar-refractivity contribution is 0.0938. The highest BCUT2D eigenvalue weighted by atomic mass is 16.5. The van der Waals surface area contributed by atoms with E-state index in [1.165, 1.54) is 12.8 Å². The number of hydrogen-bond acceptors (Lipinski definition) is 3. The molecular weight excluding hydrogens is 306 g/mol. The fourth-order valence-electron chi connectivity index (χ4n) is 2.22. The van der Waals surface area contributed by atoms with Crippen molar-refractivity contribution in [1.29, 1.82) is 0 Å². The molecule has 0 bridgehead atoms. The van der Waals surface area contributed by atoms with Gasteiger partial charge in [-0.05, 0) is 51.2 Å². The van der Waals surface area contributed by atoms with Gasteiger partial charge in [0.2, 0.25) is 0 Å². The molecule has 0 spiro atoms. The molecule has 6 nitrogen and oxygen atoms in total. The Bertz CT molecular complexity index is 556. The average Bonchev–Trinajstić information content (AvgIpc) is 3.34. The summed E-state index contributed by atoms with van der Waals surface area (Å²) in [5.41, 5.74) is 0.952. The Morgan fingerprint density at radius 3 is 2.71 bits per heavy atom. The van der Waals surface area contributed by atoms with Crippen molar-refractivity contribution < 1.29 is 14.3 Å². The van der Waals surface area contributed by atoms with Crippen LogP contribution < -0.4 is 16.0 Å². The van der Waals surface area contributed by atoms with Crippen LogP contribution in [0.25, 0.3) is 0 Å². The van der Waals surface area contributed by atoms with Gasteiger partial charge in [0.1, 0.15) is 0 Å². The highest BCUT2D eigenvalue weighted by Crippen LogP contribution is 2.28. The van der Waals surface area contributed by atoms with Gasteiger partial charge < -0.3 is 20.7 Å². The molecular formula is C18H27N3O3. The second-order valence-electron chi connectivity index (χ2n) is 6.43. The number of ether oxygens (including phenoxy) is 1. The number of carbonyl (C=O) groups is 2. The highest BCUT2D eigenvalue weighted by Gasteiger charge is 2.20. The lowest BCUT2D eigenvalue weighted by atomic mass is 10.1. The fraction of sp³-hybridized carbons (Fsp3) is 0.556. The van der Waals surface area contributed by atoms with Gasteiger partial charge in [-0.3, -0.25) is 4.79 Å². The van der Waals surface area contributed by atoms with Gasteiger partial charge in [-0.15, -0.1) is 0 Å². The Labute approximate surface area is 143 Å². The molecule has 0 aliphatic heterocycles. The average molecular weight is 333 g/mol. The zero-order valence-corrected chi connectivity index (χ0v) is 14.4. The first-order chi connectivity index (χ1) is 11.6. The lowest BCUT2D eigenvalue weighted by Crippen LogP contribution is -2.35. The SMILES string of the molecule is CC(C)NC(=O)Nc1ccccc1C(=O)NCCCOCC1CC1. The van der Waals surface area contributed by atoms with Gasteiger partial charge in [-0.25, -0.2) is 4.79 Å². The Kier molecular flexibility index (Phi) is 7.06. The normalized spacial score (nSPS) is 13.6. The van der Waals surface area contributed by atoms with E-state index in [4.69, 9.17) is 4.74 Å². The summed E-state index contributed by atoms with van der Waals surface area (Å²) in [7, 11) is 0. The quantitative estimate of drug-likeness (QED) is 0.608. The third kappa shape index (κ3) is 6.58. The van der Waals surface area contributed by atoms with E-state index < -0.39 is 0 Å². The number of benzene rings is 1. The van der Waals surface area contributed by atoms with E-state index in [0.717, 1.165) is 18.9 Å². The van der Waals surface area contributed by atoms with E-state index in [1.807, 2.05) is 13.8 Å². The van der Waals surface area contributed by atoms with Gasteiger partial charge in [0, 0.05) is 25.8 Å². The van der Waals surface area contributed by atoms with Crippen LogP contribution in [0.5, 0.6) is 0 Å². The van der Waals surface area contributed by atoms with Crippen molar-refractivity contribution in [3.8, 4) is 0 Å². The minimum absolute atomic E-state index is 0.0293. The largest absolute Gasteiger partial charge is 0.381 e. The molecule has 3 N–H and O–H groups in total. The van der Waals surface area contributed by atoms with E-state index in [9.17, 15) is 9.59 Å². The lowest BCUT2D eigenvalue weighted by Gasteiger charge is -2.13. The van der Waals surface area contributed by atoms with Crippen molar-refractivity contribution in [2.24, 2.45) is 5.92 Å². The molecule has 1 fully saturated rings. The predicted molar refractivity (Wildman–Crippen MR) is 94.2 cm³/mol. The van der Waals surface area contributed by atoms with Crippen LogP contribution in [0, 0.1) is 5.92 Å². The van der Waals surface area contributed by atoms with Crippen molar-refractivity contribution in [2.75, 3.05) is 25.1 Å². The van der Waals surface area contributed by atoms with Gasteiger partial charge in [0.15, 0.2) is 0 Å². The maximum atomic E-state index is 12.3. The van der Waals surface area contributed by atoms with E-state index in [0.29, 0.717) is 24.4 Å². The molecule has 0 unspecified atom stereocenters. The van der Waals surface area contributed by atoms with Crippen molar-refractivity contribution in [3.05, 3.63) is 29.8 Å². The zero-order valence-electron chi connectivity index (χ0n) is 14.4. The number of amides is 3. The van der Waals surface area contributed by atoms with Crippen LogP contribution in [-0.2, 0) is 4.74 Å². The van der Waals surface area contributed by atoms with Crippen molar-refractivity contribution in [2.45, 2.75) is 39.2 Å². The van der Waals surface area contributed by atoms with Gasteiger partial charge in [0.25, 0.3) is 5.91 Å². The molecule has 0 radical (unpaired) electrons. The summed E-state index contributed by atoms with van der Waals surface area (Å²) >= 11 is 0. The monoisotopic (exact) mass is 333 g/mol. The molecule has 132 valence electrons. The highest BCUT2D eigenvalue weighted by molar-refractivity contribution is 6.03. The van der Waals surface area contributed by atoms with Crippen LogP contribution in [-0.4, -0.2) is 37.7 Å². The summed E-state index contributed by atoms with van der Waals surface area (Å²) in [6, 6.07) is 6.69. The summed E-state index contributed by atoms with van der Waals surface area (Å²) in [6.07, 6.45) is 3.34. The molecule has 0 atom stereocenters. The van der Waals surface area contributed by atoms with Crippen molar-refractivity contribution in [1.82, 2.24) is 10.6 Å². The first-order valence-electron chi connectivity index (χ1n) is 8.58. The fourth-order valence-corrected chi connectivity index (χ4v) is 2.22. The van der Waals surface area contributed by atoms with E-state index >= 15 is 0 Å². The van der Waals surface area contributed by atoms with Gasteiger partial charge >= 0.3 is 6.03 Å². The number of urea groups is 1. The summed E-state index contributed by atoms with van der Waals surface area (Å²) < 4.78 is 5.54. The van der Waals surface area contributed by atoms with Crippen molar-refractivity contribution >= 4 is 17.6 Å². The maximum Gasteiger partial charge on any atom is 0.319 e. The molecule has 1 aromatic carbocycles. The minimum atomic E-state index is -0.321. The summed E-state index contributed by atoms with van der Waals surface area (Å²) in [5, 5.41) is 8.32. The predicted octanol–water partition coefficient (Wildman–Crippen LogP) is 2.76. The van der Waals surface area contributed by atoms with Crippen LogP contribution in [0.2, 0.25) is 0 Å². The zero-order chi connectivity index (χ0) is 17.4. The molecule has 1 aromatic rings. The van der Waals surface area contributed by atoms with Crippen LogP contribution >= 0.6 is 0 Å². The Morgan fingerprint density at radius 1 is 1.25 bits per heavy atom. The Hall–Kier alpha value is -2.08. The number of anilines is 1. The van der Waals surface area contributed by atoms with Gasteiger partial charge in [0.05, 0.1) is 11.3 Å². The first kappa shape index (κ1) is 18.3. The molecule has 0 saturated heterocycles. The standard InChI is InChI=1S/C18H27N3O3/c1-13(2)20-18(23)21-16-7-4-3-6-15(16)17(22)19-10-5-11-24-12-14-8-9-14/h3-4,6-7,13-14H,5,8-12H2,1-2H3,(H,19,22)(H2,20,21,23). The summed E-state index contributed by atoms with van der Waals surface area (Å²) in [4.78, 5) is 24.1. The van der Waals surface area contributed by atoms with Crippen LogP contribution in [0.15, 0.2) is 24.3 Å². The third-order valence-corrected chi connectivity index (χ3v) is 3.64. The van der Waals surface area contributed by atoms with Crippen LogP contribution in [0.4, 0.5) is 10.5 Å². The van der Waals surface area contributed by atoms with Crippen LogP contribution in [0.1, 0.15) is 43.5 Å². The second kappa shape index (κ2) is 9.27. The number of carbonyl (C=O) groups excluding carboxylic acids is 2. The molecule has 6 heteroatoms. The smallest absolute Gasteiger partial charge is 0.319 e. The maximum absolute atomic E-state index is 12.3. The van der Waals surface area contributed by atoms with E-state index in [-0.39, 0.29) is 18.0 Å². The molecule has 1 aliphatic carbocycles. The molecule has 1 saturated carbocycles. The Balaban J connectivity index is 1.76. The minimum Gasteiger partial charge on any atom is -0.381 e. The topological polar surface area (TPSA) is 79.5 Å². The molecule has 2 rings (SSSR count). The third-order valence-electron chi connectivity index (χ3n) is 3.64. The van der Waals surface area contributed by atoms with Crippen LogP contribution in [0.3, 0.4) is 0 Å². The van der Waals surface area contributed by atoms with E-state index in [2.05, 4.69) is 16.0 Å². The Morgan fingerprint density at radius 2 is 2.00 bits per heavy atom. The van der Waals surface area contributed by atoms with Gasteiger partial charge in [-0.2, -0.15) is 0 Å². The van der Waals surface area contributed by atoms with E-state index in [1.54, 1.807) is 24.3 Å². The summed E-state index contributed by atoms with van der Waals surface area (Å²) in [5.74, 6) is 0.562. The second-order valence-corrected chi connectivity index (χ2v) is 6.43. The number of nitrogens with one attached hydrogen (secondary N) is 3. The molecule has 0 aromatic heterocycles. The van der Waals surface area contributed by atoms with Crippen molar-refractivity contribution in [3.63, 3.8) is 0 Å².